The molecule has 0 radical (unpaired) electrons. The van der Waals surface area contributed by atoms with Crippen LogP contribution in [0, 0.1) is 11.3 Å². The SMILES string of the molecule is CC(C)CC(C)OOC(=O)CCCCCC(C)(C)C. The Kier molecular flexibility index (Phi) is 9.07. The molecule has 0 aromatic rings. The summed E-state index contributed by atoms with van der Waals surface area (Å²) in [6.07, 6.45) is 5.66. The predicted molar refractivity (Wildman–Crippen MR) is 78.6 cm³/mol. The van der Waals surface area contributed by atoms with Gasteiger partial charge in [0.05, 0.1) is 0 Å². The molecule has 3 nitrogen and oxygen atoms in total. The number of carbonyl (C=O) groups excluding carboxylic acids is 1. The van der Waals surface area contributed by atoms with E-state index in [1.807, 2.05) is 6.92 Å². The maximum absolute atomic E-state index is 11.4. The monoisotopic (exact) mass is 272 g/mol. The fourth-order valence-electron chi connectivity index (χ4n) is 1.98. The summed E-state index contributed by atoms with van der Waals surface area (Å²) >= 11 is 0. The number of carbonyl (C=O) groups is 1. The van der Waals surface area contributed by atoms with Crippen molar-refractivity contribution in [1.82, 2.24) is 0 Å². The van der Waals surface area contributed by atoms with Crippen molar-refractivity contribution >= 4 is 5.97 Å². The van der Waals surface area contributed by atoms with Gasteiger partial charge in [-0.1, -0.05) is 47.5 Å². The van der Waals surface area contributed by atoms with E-state index in [-0.39, 0.29) is 12.1 Å². The Morgan fingerprint density at radius 1 is 1.05 bits per heavy atom. The van der Waals surface area contributed by atoms with Gasteiger partial charge in [0.1, 0.15) is 6.10 Å². The molecule has 1 unspecified atom stereocenters. The molecule has 0 saturated heterocycles. The molecule has 0 amide bonds. The van der Waals surface area contributed by atoms with Gasteiger partial charge in [-0.25, -0.2) is 4.79 Å². The lowest BCUT2D eigenvalue weighted by Gasteiger charge is -2.17. The van der Waals surface area contributed by atoms with Crippen LogP contribution in [0.1, 0.15) is 80.1 Å². The molecular formula is C16H32O3. The molecule has 0 aromatic carbocycles. The van der Waals surface area contributed by atoms with Crippen LogP contribution < -0.4 is 0 Å². The first-order valence-corrected chi connectivity index (χ1v) is 7.57. The summed E-state index contributed by atoms with van der Waals surface area (Å²) in [7, 11) is 0. The Morgan fingerprint density at radius 2 is 1.68 bits per heavy atom. The molecule has 0 bridgehead atoms. The maximum Gasteiger partial charge on any atom is 0.342 e. The van der Waals surface area contributed by atoms with E-state index in [0.29, 0.717) is 17.8 Å². The van der Waals surface area contributed by atoms with Crippen LogP contribution in [0.15, 0.2) is 0 Å². The molecule has 19 heavy (non-hydrogen) atoms. The fraction of sp³-hybridized carbons (Fsp3) is 0.938. The Hall–Kier alpha value is -0.570. The van der Waals surface area contributed by atoms with Crippen LogP contribution in [-0.4, -0.2) is 12.1 Å². The average molecular weight is 272 g/mol. The zero-order valence-corrected chi connectivity index (χ0v) is 13.6. The van der Waals surface area contributed by atoms with Gasteiger partial charge < -0.3 is 0 Å². The molecule has 0 spiro atoms. The zero-order chi connectivity index (χ0) is 14.9. The van der Waals surface area contributed by atoms with E-state index >= 15 is 0 Å². The van der Waals surface area contributed by atoms with Crippen LogP contribution in [0.25, 0.3) is 0 Å². The van der Waals surface area contributed by atoms with Crippen molar-refractivity contribution in [1.29, 1.82) is 0 Å². The molecule has 3 heteroatoms. The highest BCUT2D eigenvalue weighted by Gasteiger charge is 2.11. The van der Waals surface area contributed by atoms with Crippen LogP contribution in [-0.2, 0) is 14.6 Å². The van der Waals surface area contributed by atoms with Gasteiger partial charge in [0.25, 0.3) is 0 Å². The normalized spacial score (nSPS) is 13.6. The smallest absolute Gasteiger partial charge is 0.298 e. The van der Waals surface area contributed by atoms with Crippen molar-refractivity contribution in [3.63, 3.8) is 0 Å². The van der Waals surface area contributed by atoms with Crippen molar-refractivity contribution in [3.8, 4) is 0 Å². The van der Waals surface area contributed by atoms with Gasteiger partial charge in [-0.05, 0) is 37.5 Å². The zero-order valence-electron chi connectivity index (χ0n) is 13.6. The maximum atomic E-state index is 11.4. The number of unbranched alkanes of at least 4 members (excludes halogenated alkanes) is 2. The van der Waals surface area contributed by atoms with Crippen LogP contribution in [0.3, 0.4) is 0 Å². The molecule has 0 aliphatic carbocycles. The van der Waals surface area contributed by atoms with Gasteiger partial charge in [0.15, 0.2) is 0 Å². The molecule has 1 atom stereocenters. The highest BCUT2D eigenvalue weighted by molar-refractivity contribution is 5.68. The molecule has 0 heterocycles. The molecule has 0 aromatic heterocycles. The van der Waals surface area contributed by atoms with E-state index in [0.717, 1.165) is 19.3 Å². The lowest BCUT2D eigenvalue weighted by Crippen LogP contribution is -2.15. The Bertz CT molecular complexity index is 241. The van der Waals surface area contributed by atoms with Gasteiger partial charge >= 0.3 is 5.97 Å². The van der Waals surface area contributed by atoms with E-state index < -0.39 is 0 Å². The second-order valence-electron chi connectivity index (χ2n) is 7.11. The summed E-state index contributed by atoms with van der Waals surface area (Å²) in [5.74, 6) is 0.303. The third-order valence-corrected chi connectivity index (χ3v) is 2.92. The molecule has 0 aliphatic heterocycles. The number of rotatable bonds is 9. The number of hydrogen-bond donors (Lipinski definition) is 0. The second-order valence-corrected chi connectivity index (χ2v) is 7.11. The van der Waals surface area contributed by atoms with Crippen molar-refractivity contribution in [2.24, 2.45) is 11.3 Å². The molecule has 0 saturated carbocycles. The van der Waals surface area contributed by atoms with Crippen molar-refractivity contribution in [2.45, 2.75) is 86.2 Å². The summed E-state index contributed by atoms with van der Waals surface area (Å²) in [5, 5.41) is 0. The lowest BCUT2D eigenvalue weighted by atomic mass is 9.89. The minimum atomic E-state index is -0.244. The van der Waals surface area contributed by atoms with E-state index in [9.17, 15) is 4.79 Å². The standard InChI is InChI=1S/C16H32O3/c1-13(2)12-14(3)18-19-15(17)10-8-7-9-11-16(4,5)6/h13-14H,7-12H2,1-6H3. The molecule has 0 aliphatic rings. The van der Waals surface area contributed by atoms with Crippen LogP contribution in [0.2, 0.25) is 0 Å². The van der Waals surface area contributed by atoms with Crippen LogP contribution in [0.5, 0.6) is 0 Å². The highest BCUT2D eigenvalue weighted by atomic mass is 17.2. The van der Waals surface area contributed by atoms with Crippen molar-refractivity contribution in [3.05, 3.63) is 0 Å². The molecule has 0 fully saturated rings. The van der Waals surface area contributed by atoms with Crippen molar-refractivity contribution in [2.75, 3.05) is 0 Å². The lowest BCUT2D eigenvalue weighted by molar-refractivity contribution is -0.296. The Balaban J connectivity index is 3.50. The van der Waals surface area contributed by atoms with Gasteiger partial charge in [0, 0.05) is 6.42 Å². The third kappa shape index (κ3) is 13.7. The Labute approximate surface area is 119 Å². The first-order valence-electron chi connectivity index (χ1n) is 7.57. The molecule has 0 N–H and O–H groups in total. The summed E-state index contributed by atoms with van der Waals surface area (Å²) in [5.41, 5.74) is 0.385. The van der Waals surface area contributed by atoms with E-state index in [1.54, 1.807) is 0 Å². The van der Waals surface area contributed by atoms with Crippen LogP contribution in [0.4, 0.5) is 0 Å². The largest absolute Gasteiger partial charge is 0.342 e. The number of hydrogen-bond acceptors (Lipinski definition) is 3. The minimum Gasteiger partial charge on any atom is -0.298 e. The highest BCUT2D eigenvalue weighted by Crippen LogP contribution is 2.22. The van der Waals surface area contributed by atoms with Gasteiger partial charge in [-0.2, -0.15) is 4.89 Å². The Morgan fingerprint density at radius 3 is 2.21 bits per heavy atom. The van der Waals surface area contributed by atoms with Gasteiger partial charge in [-0.3, -0.25) is 4.89 Å². The molecule has 114 valence electrons. The topological polar surface area (TPSA) is 35.5 Å². The van der Waals surface area contributed by atoms with Crippen molar-refractivity contribution < 1.29 is 14.6 Å². The minimum absolute atomic E-state index is 0.0233. The van der Waals surface area contributed by atoms with E-state index in [2.05, 4.69) is 34.6 Å². The van der Waals surface area contributed by atoms with Gasteiger partial charge in [-0.15, -0.1) is 0 Å². The first kappa shape index (κ1) is 18.4. The average Bonchev–Trinajstić information content (AvgIpc) is 2.23. The van der Waals surface area contributed by atoms with E-state index in [4.69, 9.17) is 9.78 Å². The van der Waals surface area contributed by atoms with Gasteiger partial charge in [0.2, 0.25) is 0 Å². The first-order chi connectivity index (χ1) is 8.70. The summed E-state index contributed by atoms with van der Waals surface area (Å²) < 4.78 is 0. The summed E-state index contributed by atoms with van der Waals surface area (Å²) in [4.78, 5) is 21.3. The summed E-state index contributed by atoms with van der Waals surface area (Å²) in [6.45, 7) is 12.9. The van der Waals surface area contributed by atoms with E-state index in [1.165, 1.54) is 12.8 Å². The van der Waals surface area contributed by atoms with Crippen LogP contribution >= 0.6 is 0 Å². The third-order valence-electron chi connectivity index (χ3n) is 2.92. The molecular weight excluding hydrogens is 240 g/mol. The second kappa shape index (κ2) is 9.35. The quantitative estimate of drug-likeness (QED) is 0.340. The summed E-state index contributed by atoms with van der Waals surface area (Å²) in [6, 6.07) is 0. The molecule has 0 rings (SSSR count). The fourth-order valence-corrected chi connectivity index (χ4v) is 1.98. The predicted octanol–water partition coefficient (Wildman–Crippen LogP) is 4.89.